The molecule has 20 heteroatoms. The second kappa shape index (κ2) is 38.1. The first-order valence-electron chi connectivity index (χ1n) is 32.5. The van der Waals surface area contributed by atoms with E-state index in [4.69, 9.17) is 9.47 Å². The predicted octanol–water partition coefficient (Wildman–Crippen LogP) is 12.0. The van der Waals surface area contributed by atoms with Gasteiger partial charge in [-0.15, -0.1) is 0 Å². The molecule has 0 spiro atoms. The van der Waals surface area contributed by atoms with Gasteiger partial charge in [0.1, 0.15) is 0 Å². The Bertz CT molecular complexity index is 3270. The number of sulfonamides is 3. The third-order valence-corrected chi connectivity index (χ3v) is 21.8. The van der Waals surface area contributed by atoms with Crippen molar-refractivity contribution in [1.82, 2.24) is 33.3 Å². The molecule has 0 bridgehead atoms. The second-order valence-electron chi connectivity index (χ2n) is 25.5. The van der Waals surface area contributed by atoms with Gasteiger partial charge < -0.3 is 29.5 Å². The highest BCUT2D eigenvalue weighted by Crippen LogP contribution is 2.25. The van der Waals surface area contributed by atoms with Gasteiger partial charge in [-0.05, 0) is 185 Å². The van der Waals surface area contributed by atoms with Gasteiger partial charge in [0.15, 0.2) is 0 Å². The number of hydrogen-bond acceptors (Lipinski definition) is 13. The molecule has 3 aliphatic heterocycles. The quantitative estimate of drug-likeness (QED) is 0.0552. The van der Waals surface area contributed by atoms with Crippen LogP contribution in [0.4, 0.5) is 0 Å². The van der Waals surface area contributed by atoms with Gasteiger partial charge in [0, 0.05) is 70.5 Å². The van der Waals surface area contributed by atoms with E-state index in [2.05, 4.69) is 115 Å². The molecule has 0 unspecified atom stereocenters. The molecular weight excluding hydrogens is 1210 g/mol. The Morgan fingerprint density at radius 3 is 1.23 bits per heavy atom. The lowest BCUT2D eigenvalue weighted by atomic mass is 10.0. The third kappa shape index (κ3) is 25.5. The van der Waals surface area contributed by atoms with Gasteiger partial charge in [-0.25, -0.2) is 34.8 Å². The summed E-state index contributed by atoms with van der Waals surface area (Å²) in [6.45, 7) is 36.5. The van der Waals surface area contributed by atoms with Crippen molar-refractivity contribution in [3.63, 3.8) is 0 Å². The molecule has 0 atom stereocenters. The standard InChI is InChI=1S/C17H28N2O2S.C15H24N2O2S.C15H23NO2.C13H19NO3S.C11H15NO/c1-13(2)15-5-7-17(8-6-15)22(20,21)18-16-9-11-19(12-10-16)14(3)4;1-4-16-9-11-17(12-10-16)20(18,19)15-7-5-14(6-8-15)13(2)3;1-12(2)13-6-8-14(9-7-13)15(17)18-11-5-10-16(3)4;1-11(2)12-3-5-13(6-4-12)18(15,16)14-7-9-17-10-8-14;1-8(2)9-4-6-10(7-5-9)11(13)12-3/h5-8,13-14,16,18H,9-12H2,1-4H3;5-8,13H,4,9-12H2,1-3H3;6-9,12H,5,10-11H2,1-4H3;3-6,11H,7-10H2,1-2H3;4-8H,1-3H3,(H,12,13). The van der Waals surface area contributed by atoms with Crippen LogP contribution in [0, 0.1) is 0 Å². The van der Waals surface area contributed by atoms with E-state index < -0.39 is 30.1 Å². The van der Waals surface area contributed by atoms with Crippen LogP contribution in [0.2, 0.25) is 0 Å². The smallest absolute Gasteiger partial charge is 0.338 e. The average molecular weight is 1320 g/mol. The number of carbonyl (C=O) groups is 2. The summed E-state index contributed by atoms with van der Waals surface area (Å²) in [5, 5.41) is 2.59. The number of ether oxygens (including phenoxy) is 2. The molecule has 17 nitrogen and oxygen atoms in total. The zero-order valence-corrected chi connectivity index (χ0v) is 59.9. The summed E-state index contributed by atoms with van der Waals surface area (Å²) >= 11 is 0. The number of nitrogens with one attached hydrogen (secondary N) is 2. The van der Waals surface area contributed by atoms with Crippen molar-refractivity contribution >= 4 is 41.9 Å². The monoisotopic (exact) mass is 1320 g/mol. The molecule has 0 aliphatic carbocycles. The van der Waals surface area contributed by atoms with Crippen molar-refractivity contribution in [2.75, 3.05) is 106 Å². The van der Waals surface area contributed by atoms with Crippen LogP contribution in [-0.2, 0) is 39.5 Å². The second-order valence-corrected chi connectivity index (χ2v) is 31.1. The minimum Gasteiger partial charge on any atom is -0.462 e. The van der Waals surface area contributed by atoms with Crippen LogP contribution < -0.4 is 10.0 Å². The summed E-state index contributed by atoms with van der Waals surface area (Å²) in [4.78, 5) is 30.8. The van der Waals surface area contributed by atoms with Crippen LogP contribution in [-0.4, -0.2) is 179 Å². The Labute approximate surface area is 548 Å². The van der Waals surface area contributed by atoms with Crippen molar-refractivity contribution in [1.29, 1.82) is 0 Å². The summed E-state index contributed by atoms with van der Waals surface area (Å²) < 4.78 is 91.1. The molecule has 5 aromatic carbocycles. The molecule has 91 heavy (non-hydrogen) atoms. The summed E-state index contributed by atoms with van der Waals surface area (Å²) in [7, 11) is -4.44. The minimum atomic E-state index is -3.41. The molecule has 506 valence electrons. The van der Waals surface area contributed by atoms with E-state index in [1.807, 2.05) is 99.0 Å². The lowest BCUT2D eigenvalue weighted by Gasteiger charge is -2.34. The van der Waals surface area contributed by atoms with Crippen molar-refractivity contribution in [3.05, 3.63) is 160 Å². The van der Waals surface area contributed by atoms with Crippen LogP contribution >= 0.6 is 0 Å². The molecule has 5 aromatic rings. The normalized spacial score (nSPS) is 15.7. The van der Waals surface area contributed by atoms with E-state index in [0.29, 0.717) is 107 Å². The molecule has 0 radical (unpaired) electrons. The van der Waals surface area contributed by atoms with Crippen LogP contribution in [0.5, 0.6) is 0 Å². The first-order chi connectivity index (χ1) is 42.9. The molecular formula is C71H109N7O10S3. The fraction of sp³-hybridized carbons (Fsp3) is 0.549. The number of carbonyl (C=O) groups excluding carboxylic acids is 2. The van der Waals surface area contributed by atoms with Crippen LogP contribution in [0.1, 0.15) is 187 Å². The van der Waals surface area contributed by atoms with Gasteiger partial charge in [-0.1, -0.05) is 137 Å². The highest BCUT2D eigenvalue weighted by Gasteiger charge is 2.29. The number of nitrogens with zero attached hydrogens (tertiary/aromatic N) is 5. The minimum absolute atomic E-state index is 0.0321. The molecule has 3 aliphatic rings. The Balaban J connectivity index is 0.000000245. The first-order valence-corrected chi connectivity index (χ1v) is 36.9. The highest BCUT2D eigenvalue weighted by molar-refractivity contribution is 7.89. The van der Waals surface area contributed by atoms with E-state index in [9.17, 15) is 34.8 Å². The molecule has 3 saturated heterocycles. The Morgan fingerprint density at radius 1 is 0.516 bits per heavy atom. The molecule has 8 rings (SSSR count). The fourth-order valence-electron chi connectivity index (χ4n) is 10.1. The summed E-state index contributed by atoms with van der Waals surface area (Å²) in [5.74, 6) is 1.96. The largest absolute Gasteiger partial charge is 0.462 e. The van der Waals surface area contributed by atoms with Crippen molar-refractivity contribution in [2.45, 2.75) is 166 Å². The zero-order valence-electron chi connectivity index (χ0n) is 57.4. The summed E-state index contributed by atoms with van der Waals surface area (Å²) in [6.07, 6.45) is 2.62. The summed E-state index contributed by atoms with van der Waals surface area (Å²) in [5.41, 5.74) is 7.31. The Morgan fingerprint density at radius 2 is 0.879 bits per heavy atom. The number of benzene rings is 5. The van der Waals surface area contributed by atoms with Crippen LogP contribution in [0.15, 0.2) is 136 Å². The Hall–Kier alpha value is -5.39. The van der Waals surface area contributed by atoms with Gasteiger partial charge in [0.25, 0.3) is 5.91 Å². The molecule has 1 amide bonds. The number of likely N-dealkylation sites (N-methyl/N-ethyl adjacent to an activating group) is 1. The third-order valence-electron chi connectivity index (χ3n) is 16.4. The number of piperazine rings is 1. The first kappa shape index (κ1) is 78.1. The number of amides is 1. The molecule has 0 saturated carbocycles. The topological polar surface area (TPSA) is 195 Å². The van der Waals surface area contributed by atoms with E-state index in [1.54, 1.807) is 47.8 Å². The van der Waals surface area contributed by atoms with Gasteiger partial charge in [0.05, 0.1) is 40.1 Å². The molecule has 3 heterocycles. The number of morpholine rings is 1. The Kier molecular flexibility index (Phi) is 32.7. The highest BCUT2D eigenvalue weighted by atomic mass is 32.2. The van der Waals surface area contributed by atoms with Crippen molar-refractivity contribution < 1.29 is 44.3 Å². The number of likely N-dealkylation sites (tertiary alicyclic amines) is 1. The van der Waals surface area contributed by atoms with E-state index in [-0.39, 0.29) is 17.9 Å². The average Bonchev–Trinajstić information content (AvgIpc) is 1.06. The number of hydrogen-bond donors (Lipinski definition) is 2. The van der Waals surface area contributed by atoms with E-state index in [0.717, 1.165) is 69.7 Å². The van der Waals surface area contributed by atoms with Gasteiger partial charge in [-0.2, -0.15) is 8.61 Å². The lowest BCUT2D eigenvalue weighted by Crippen LogP contribution is -2.48. The fourth-order valence-corrected chi connectivity index (χ4v) is 14.2. The van der Waals surface area contributed by atoms with Gasteiger partial charge >= 0.3 is 5.97 Å². The maximum absolute atomic E-state index is 12.6. The lowest BCUT2D eigenvalue weighted by molar-refractivity contribution is 0.0493. The molecule has 0 aromatic heterocycles. The molecule has 2 N–H and O–H groups in total. The number of piperidine rings is 1. The van der Waals surface area contributed by atoms with Crippen LogP contribution in [0.3, 0.4) is 0 Å². The van der Waals surface area contributed by atoms with Crippen molar-refractivity contribution in [2.24, 2.45) is 0 Å². The number of rotatable bonds is 20. The maximum atomic E-state index is 12.6. The van der Waals surface area contributed by atoms with E-state index >= 15 is 0 Å². The SMILES string of the molecule is CC(C)c1ccc(C(=O)OCCCN(C)C)cc1.CC(C)c1ccc(S(=O)(=O)N2CCOCC2)cc1.CC(C)c1ccc(S(=O)(=O)NC2CCN(C(C)C)CC2)cc1.CCN1CCN(S(=O)(=O)c2ccc(C(C)C)cc2)CC1.CNC(=O)c1ccc(C(C)C)cc1. The van der Waals surface area contributed by atoms with E-state index in [1.165, 1.54) is 21.0 Å². The summed E-state index contributed by atoms with van der Waals surface area (Å²) in [6, 6.07) is 37.6. The van der Waals surface area contributed by atoms with Crippen molar-refractivity contribution in [3.8, 4) is 0 Å². The molecule has 3 fully saturated rings. The van der Waals surface area contributed by atoms with Gasteiger partial charge in [0.2, 0.25) is 30.1 Å². The predicted molar refractivity (Wildman–Crippen MR) is 370 cm³/mol. The maximum Gasteiger partial charge on any atom is 0.338 e. The van der Waals surface area contributed by atoms with Crippen LogP contribution in [0.25, 0.3) is 0 Å². The van der Waals surface area contributed by atoms with Gasteiger partial charge in [-0.3, -0.25) is 4.79 Å². The zero-order chi connectivity index (χ0) is 67.6. The number of esters is 1.